The molecule has 13 heavy (non-hydrogen) atoms. The maximum absolute atomic E-state index is 5.96. The van der Waals surface area contributed by atoms with Gasteiger partial charge in [-0.2, -0.15) is 0 Å². The monoisotopic (exact) mass is 182 g/mol. The lowest BCUT2D eigenvalue weighted by atomic mass is 9.99. The summed E-state index contributed by atoms with van der Waals surface area (Å²) in [6.45, 7) is 4.07. The van der Waals surface area contributed by atoms with Gasteiger partial charge in [0.1, 0.15) is 0 Å². The largest absolute Gasteiger partial charge is 0.345 e. The summed E-state index contributed by atoms with van der Waals surface area (Å²) in [7, 11) is 0. The van der Waals surface area contributed by atoms with Crippen molar-refractivity contribution in [3.05, 3.63) is 0 Å². The highest BCUT2D eigenvalue weighted by Crippen LogP contribution is 2.51. The molecular formula is C11H18O2. The maximum atomic E-state index is 5.96. The second-order valence-corrected chi connectivity index (χ2v) is 5.23. The van der Waals surface area contributed by atoms with Crippen molar-refractivity contribution in [1.82, 2.24) is 0 Å². The van der Waals surface area contributed by atoms with E-state index < -0.39 is 0 Å². The highest BCUT2D eigenvalue weighted by Gasteiger charge is 2.54. The van der Waals surface area contributed by atoms with Crippen molar-refractivity contribution in [3.8, 4) is 0 Å². The maximum Gasteiger partial charge on any atom is 0.163 e. The molecule has 0 radical (unpaired) electrons. The molecule has 0 spiro atoms. The normalized spacial score (nSPS) is 52.2. The molecule has 0 bridgehead atoms. The first-order valence-electron chi connectivity index (χ1n) is 5.51. The first-order valence-corrected chi connectivity index (χ1v) is 5.51. The summed E-state index contributed by atoms with van der Waals surface area (Å²) in [5, 5.41) is 0. The molecule has 1 aliphatic heterocycles. The molecular weight excluding hydrogens is 164 g/mol. The molecule has 0 aromatic heterocycles. The van der Waals surface area contributed by atoms with Gasteiger partial charge in [0.15, 0.2) is 5.79 Å². The summed E-state index contributed by atoms with van der Waals surface area (Å²) in [5.41, 5.74) is 0. The van der Waals surface area contributed by atoms with Gasteiger partial charge < -0.3 is 9.47 Å². The molecule has 1 saturated heterocycles. The molecule has 3 rings (SSSR count). The fourth-order valence-corrected chi connectivity index (χ4v) is 3.50. The van der Waals surface area contributed by atoms with E-state index in [1.54, 1.807) is 0 Å². The first-order chi connectivity index (χ1) is 6.16. The third-order valence-electron chi connectivity index (χ3n) is 3.90. The average molecular weight is 182 g/mol. The van der Waals surface area contributed by atoms with E-state index in [1.165, 1.54) is 25.7 Å². The highest BCUT2D eigenvalue weighted by molar-refractivity contribution is 4.99. The minimum Gasteiger partial charge on any atom is -0.345 e. The molecule has 0 aromatic rings. The molecule has 4 atom stereocenters. The van der Waals surface area contributed by atoms with E-state index in [0.717, 1.165) is 11.8 Å². The lowest BCUT2D eigenvalue weighted by Crippen LogP contribution is -2.25. The molecule has 0 amide bonds. The van der Waals surface area contributed by atoms with Crippen LogP contribution in [0.1, 0.15) is 39.5 Å². The van der Waals surface area contributed by atoms with Gasteiger partial charge in [-0.05, 0) is 44.9 Å². The zero-order valence-corrected chi connectivity index (χ0v) is 8.45. The number of hydrogen-bond donors (Lipinski definition) is 0. The van der Waals surface area contributed by atoms with E-state index in [4.69, 9.17) is 9.47 Å². The molecule has 2 heteroatoms. The Hall–Kier alpha value is -0.0800. The molecule has 2 aliphatic carbocycles. The van der Waals surface area contributed by atoms with Crippen LogP contribution >= 0.6 is 0 Å². The van der Waals surface area contributed by atoms with Gasteiger partial charge in [-0.25, -0.2) is 0 Å². The van der Waals surface area contributed by atoms with Crippen LogP contribution in [0.25, 0.3) is 0 Å². The van der Waals surface area contributed by atoms with E-state index in [0.29, 0.717) is 12.2 Å². The lowest BCUT2D eigenvalue weighted by molar-refractivity contribution is -0.158. The fourth-order valence-electron chi connectivity index (χ4n) is 3.50. The fraction of sp³-hybridized carbons (Fsp3) is 1.00. The van der Waals surface area contributed by atoms with Gasteiger partial charge in [0.2, 0.25) is 0 Å². The zero-order chi connectivity index (χ0) is 9.05. The summed E-state index contributed by atoms with van der Waals surface area (Å²) >= 11 is 0. The standard InChI is InChI=1S/C11H18O2/c1-11(2)12-9-6-7-4-3-5-8(7)10(9)13-11/h7-10H,3-6H2,1-2H3/t7-,8-,9+,10-/m1/s1. The Labute approximate surface area is 79.6 Å². The van der Waals surface area contributed by atoms with Crippen LogP contribution in [0.15, 0.2) is 0 Å². The molecule has 1 heterocycles. The van der Waals surface area contributed by atoms with E-state index >= 15 is 0 Å². The van der Waals surface area contributed by atoms with Gasteiger partial charge >= 0.3 is 0 Å². The molecule has 0 unspecified atom stereocenters. The van der Waals surface area contributed by atoms with Gasteiger partial charge in [-0.15, -0.1) is 0 Å². The quantitative estimate of drug-likeness (QED) is 0.572. The van der Waals surface area contributed by atoms with Crippen LogP contribution in [0, 0.1) is 11.8 Å². The number of hydrogen-bond acceptors (Lipinski definition) is 2. The molecule has 2 saturated carbocycles. The van der Waals surface area contributed by atoms with Crippen molar-refractivity contribution in [1.29, 1.82) is 0 Å². The molecule has 0 aromatic carbocycles. The van der Waals surface area contributed by atoms with Crippen molar-refractivity contribution in [3.63, 3.8) is 0 Å². The number of fused-ring (bicyclic) bond motifs is 3. The van der Waals surface area contributed by atoms with Crippen molar-refractivity contribution < 1.29 is 9.47 Å². The van der Waals surface area contributed by atoms with Crippen LogP contribution in [-0.4, -0.2) is 18.0 Å². The second kappa shape index (κ2) is 2.48. The number of rotatable bonds is 0. The van der Waals surface area contributed by atoms with Crippen LogP contribution in [0.4, 0.5) is 0 Å². The predicted molar refractivity (Wildman–Crippen MR) is 49.3 cm³/mol. The Morgan fingerprint density at radius 2 is 2.00 bits per heavy atom. The van der Waals surface area contributed by atoms with Crippen molar-refractivity contribution in [2.45, 2.75) is 57.5 Å². The summed E-state index contributed by atoms with van der Waals surface area (Å²) in [6, 6.07) is 0. The van der Waals surface area contributed by atoms with Gasteiger partial charge in [-0.1, -0.05) is 6.42 Å². The highest BCUT2D eigenvalue weighted by atomic mass is 16.8. The van der Waals surface area contributed by atoms with E-state index in [1.807, 2.05) is 13.8 Å². The minimum atomic E-state index is -0.317. The van der Waals surface area contributed by atoms with E-state index in [2.05, 4.69) is 0 Å². The van der Waals surface area contributed by atoms with Gasteiger partial charge in [-0.3, -0.25) is 0 Å². The third-order valence-corrected chi connectivity index (χ3v) is 3.90. The Morgan fingerprint density at radius 1 is 1.15 bits per heavy atom. The molecule has 3 aliphatic rings. The van der Waals surface area contributed by atoms with Crippen LogP contribution in [0.5, 0.6) is 0 Å². The smallest absolute Gasteiger partial charge is 0.163 e. The predicted octanol–water partition coefficient (Wildman–Crippen LogP) is 2.33. The molecule has 3 fully saturated rings. The summed E-state index contributed by atoms with van der Waals surface area (Å²) in [6.07, 6.45) is 6.25. The third kappa shape index (κ3) is 1.15. The van der Waals surface area contributed by atoms with E-state index in [9.17, 15) is 0 Å². The van der Waals surface area contributed by atoms with Crippen molar-refractivity contribution in [2.24, 2.45) is 11.8 Å². The van der Waals surface area contributed by atoms with Crippen LogP contribution in [0.3, 0.4) is 0 Å². The Balaban J connectivity index is 1.81. The summed E-state index contributed by atoms with van der Waals surface area (Å²) < 4.78 is 11.9. The number of ether oxygens (including phenoxy) is 2. The van der Waals surface area contributed by atoms with E-state index in [-0.39, 0.29) is 5.79 Å². The van der Waals surface area contributed by atoms with Gasteiger partial charge in [0.25, 0.3) is 0 Å². The van der Waals surface area contributed by atoms with Gasteiger partial charge in [0, 0.05) is 0 Å². The van der Waals surface area contributed by atoms with Gasteiger partial charge in [0.05, 0.1) is 12.2 Å². The summed E-state index contributed by atoms with van der Waals surface area (Å²) in [5.74, 6) is 1.40. The zero-order valence-electron chi connectivity index (χ0n) is 8.45. The first kappa shape index (κ1) is 8.25. The minimum absolute atomic E-state index is 0.317. The second-order valence-electron chi connectivity index (χ2n) is 5.23. The Bertz CT molecular complexity index is 224. The average Bonchev–Trinajstić information content (AvgIpc) is 2.58. The topological polar surface area (TPSA) is 18.5 Å². The van der Waals surface area contributed by atoms with Crippen molar-refractivity contribution >= 4 is 0 Å². The summed E-state index contributed by atoms with van der Waals surface area (Å²) in [4.78, 5) is 0. The van der Waals surface area contributed by atoms with Crippen LogP contribution in [-0.2, 0) is 9.47 Å². The molecule has 0 N–H and O–H groups in total. The van der Waals surface area contributed by atoms with Crippen LogP contribution in [0.2, 0.25) is 0 Å². The molecule has 74 valence electrons. The van der Waals surface area contributed by atoms with Crippen molar-refractivity contribution in [2.75, 3.05) is 0 Å². The Morgan fingerprint density at radius 3 is 2.85 bits per heavy atom. The Kier molecular flexibility index (Phi) is 1.58. The van der Waals surface area contributed by atoms with Crippen LogP contribution < -0.4 is 0 Å². The molecule has 2 nitrogen and oxygen atoms in total. The lowest BCUT2D eigenvalue weighted by Gasteiger charge is -2.22. The SMILES string of the molecule is CC1(C)O[C@@H]2[C@@H]3CCC[C@@H]3C[C@@H]2O1.